The van der Waals surface area contributed by atoms with Crippen molar-refractivity contribution >= 4 is 6.03 Å². The number of amides is 2. The molecule has 0 aromatic heterocycles. The number of ether oxygens (including phenoxy) is 2. The number of methoxy groups -OCH3 is 2. The molecule has 6 heteroatoms. The van der Waals surface area contributed by atoms with Gasteiger partial charge in [0.05, 0.1) is 20.3 Å². The minimum atomic E-state index is -0.461. The van der Waals surface area contributed by atoms with Crippen molar-refractivity contribution in [3.8, 4) is 11.5 Å². The van der Waals surface area contributed by atoms with E-state index in [4.69, 9.17) is 9.47 Å². The second kappa shape index (κ2) is 9.37. The van der Waals surface area contributed by atoms with Crippen LogP contribution in [-0.2, 0) is 6.54 Å². The summed E-state index contributed by atoms with van der Waals surface area (Å²) in [5, 5.41) is 15.7. The molecule has 24 heavy (non-hydrogen) atoms. The molecule has 1 fully saturated rings. The molecule has 2 rings (SSSR count). The van der Waals surface area contributed by atoms with Gasteiger partial charge < -0.3 is 25.2 Å². The van der Waals surface area contributed by atoms with Gasteiger partial charge in [-0.05, 0) is 36.5 Å². The molecule has 0 saturated heterocycles. The zero-order valence-electron chi connectivity index (χ0n) is 14.5. The van der Waals surface area contributed by atoms with E-state index in [0.717, 1.165) is 18.4 Å². The van der Waals surface area contributed by atoms with Crippen LogP contribution in [0.3, 0.4) is 0 Å². The topological polar surface area (TPSA) is 79.8 Å². The fourth-order valence-corrected chi connectivity index (χ4v) is 3.12. The molecule has 1 atom stereocenters. The third-order valence-corrected chi connectivity index (χ3v) is 4.57. The van der Waals surface area contributed by atoms with Crippen LogP contribution >= 0.6 is 0 Å². The van der Waals surface area contributed by atoms with E-state index in [9.17, 15) is 9.90 Å². The van der Waals surface area contributed by atoms with Crippen molar-refractivity contribution in [1.29, 1.82) is 0 Å². The smallest absolute Gasteiger partial charge is 0.315 e. The quantitative estimate of drug-likeness (QED) is 0.714. The number of carbonyl (C=O) groups is 1. The fraction of sp³-hybridized carbons (Fsp3) is 0.611. The second-order valence-electron chi connectivity index (χ2n) is 6.22. The highest BCUT2D eigenvalue weighted by atomic mass is 16.5. The highest BCUT2D eigenvalue weighted by Gasteiger charge is 2.21. The Morgan fingerprint density at radius 1 is 1.17 bits per heavy atom. The second-order valence-corrected chi connectivity index (χ2v) is 6.22. The van der Waals surface area contributed by atoms with Crippen molar-refractivity contribution in [2.75, 3.05) is 20.8 Å². The molecule has 0 aliphatic heterocycles. The van der Waals surface area contributed by atoms with Gasteiger partial charge in [-0.25, -0.2) is 4.79 Å². The maximum Gasteiger partial charge on any atom is 0.315 e. The Balaban J connectivity index is 1.74. The molecule has 1 aromatic carbocycles. The molecule has 1 aliphatic carbocycles. The first-order valence-corrected chi connectivity index (χ1v) is 8.54. The van der Waals surface area contributed by atoms with Crippen LogP contribution in [-0.4, -0.2) is 38.0 Å². The van der Waals surface area contributed by atoms with E-state index >= 15 is 0 Å². The lowest BCUT2D eigenvalue weighted by atomic mass is 9.85. The van der Waals surface area contributed by atoms with Crippen molar-refractivity contribution in [2.24, 2.45) is 5.92 Å². The van der Waals surface area contributed by atoms with Crippen molar-refractivity contribution in [1.82, 2.24) is 10.6 Å². The third kappa shape index (κ3) is 5.30. The van der Waals surface area contributed by atoms with Gasteiger partial charge in [-0.3, -0.25) is 0 Å². The van der Waals surface area contributed by atoms with E-state index in [2.05, 4.69) is 10.6 Å². The van der Waals surface area contributed by atoms with Gasteiger partial charge in [-0.2, -0.15) is 0 Å². The largest absolute Gasteiger partial charge is 0.493 e. The average molecular weight is 336 g/mol. The number of carbonyl (C=O) groups excluding carboxylic acids is 1. The molecule has 0 spiro atoms. The number of hydrogen-bond acceptors (Lipinski definition) is 4. The number of rotatable bonds is 7. The van der Waals surface area contributed by atoms with Crippen molar-refractivity contribution < 1.29 is 19.4 Å². The monoisotopic (exact) mass is 336 g/mol. The molecule has 1 aromatic rings. The minimum absolute atomic E-state index is 0.278. The van der Waals surface area contributed by atoms with Crippen LogP contribution in [0.1, 0.15) is 37.7 Å². The minimum Gasteiger partial charge on any atom is -0.493 e. The first-order chi connectivity index (χ1) is 11.6. The summed E-state index contributed by atoms with van der Waals surface area (Å²) in [5.74, 6) is 1.59. The standard InChI is InChI=1S/C18H28N2O4/c1-23-16-9-8-13(10-17(16)24-2)11-19-18(22)20-12-15(21)14-6-4-3-5-7-14/h8-10,14-15,21H,3-7,11-12H2,1-2H3,(H2,19,20,22). The van der Waals surface area contributed by atoms with Gasteiger partial charge in [-0.15, -0.1) is 0 Å². The van der Waals surface area contributed by atoms with E-state index in [0.29, 0.717) is 30.5 Å². The predicted molar refractivity (Wildman–Crippen MR) is 92.4 cm³/mol. The maximum absolute atomic E-state index is 11.9. The summed E-state index contributed by atoms with van der Waals surface area (Å²) in [6, 6.07) is 5.23. The summed E-state index contributed by atoms with van der Waals surface area (Å²) in [6.45, 7) is 0.675. The van der Waals surface area contributed by atoms with Gasteiger partial charge in [0.25, 0.3) is 0 Å². The number of urea groups is 1. The van der Waals surface area contributed by atoms with Gasteiger partial charge >= 0.3 is 6.03 Å². The average Bonchev–Trinajstić information content (AvgIpc) is 2.64. The van der Waals surface area contributed by atoms with Gasteiger partial charge in [0, 0.05) is 13.1 Å². The SMILES string of the molecule is COc1ccc(CNC(=O)NCC(O)C2CCCCC2)cc1OC. The Morgan fingerprint density at radius 3 is 2.54 bits per heavy atom. The fourth-order valence-electron chi connectivity index (χ4n) is 3.12. The van der Waals surface area contributed by atoms with E-state index in [-0.39, 0.29) is 6.03 Å². The van der Waals surface area contributed by atoms with Crippen molar-refractivity contribution in [3.05, 3.63) is 23.8 Å². The lowest BCUT2D eigenvalue weighted by Crippen LogP contribution is -2.41. The van der Waals surface area contributed by atoms with Crippen LogP contribution in [0.25, 0.3) is 0 Å². The molecule has 1 aliphatic rings. The van der Waals surface area contributed by atoms with Gasteiger partial charge in [0.2, 0.25) is 0 Å². The van der Waals surface area contributed by atoms with Crippen LogP contribution in [0.4, 0.5) is 4.79 Å². The summed E-state index contributed by atoms with van der Waals surface area (Å²) >= 11 is 0. The Labute approximate surface area is 143 Å². The summed E-state index contributed by atoms with van der Waals surface area (Å²) in [5.41, 5.74) is 0.913. The van der Waals surface area contributed by atoms with E-state index < -0.39 is 6.10 Å². The lowest BCUT2D eigenvalue weighted by Gasteiger charge is -2.26. The van der Waals surface area contributed by atoms with Crippen LogP contribution < -0.4 is 20.1 Å². The molecule has 0 bridgehead atoms. The molecule has 0 heterocycles. The Kier molecular flexibility index (Phi) is 7.18. The van der Waals surface area contributed by atoms with E-state index in [1.807, 2.05) is 12.1 Å². The number of benzene rings is 1. The Morgan fingerprint density at radius 2 is 1.88 bits per heavy atom. The molecule has 3 N–H and O–H groups in total. The van der Waals surface area contributed by atoms with Gasteiger partial charge in [0.1, 0.15) is 0 Å². The summed E-state index contributed by atoms with van der Waals surface area (Å²) in [6.07, 6.45) is 5.24. The van der Waals surface area contributed by atoms with Crippen LogP contribution in [0.5, 0.6) is 11.5 Å². The molecule has 134 valence electrons. The number of aliphatic hydroxyl groups is 1. The number of hydrogen-bond donors (Lipinski definition) is 3. The molecule has 6 nitrogen and oxygen atoms in total. The van der Waals surface area contributed by atoms with E-state index in [1.165, 1.54) is 19.3 Å². The third-order valence-electron chi connectivity index (χ3n) is 4.57. The molecule has 1 saturated carbocycles. The zero-order chi connectivity index (χ0) is 17.4. The van der Waals surface area contributed by atoms with Gasteiger partial charge in [0.15, 0.2) is 11.5 Å². The first-order valence-electron chi connectivity index (χ1n) is 8.54. The molecular weight excluding hydrogens is 308 g/mol. The van der Waals surface area contributed by atoms with Crippen LogP contribution in [0, 0.1) is 5.92 Å². The lowest BCUT2D eigenvalue weighted by molar-refractivity contribution is 0.0858. The highest BCUT2D eigenvalue weighted by Crippen LogP contribution is 2.27. The summed E-state index contributed by atoms with van der Waals surface area (Å²) < 4.78 is 10.4. The van der Waals surface area contributed by atoms with Crippen LogP contribution in [0.15, 0.2) is 18.2 Å². The number of nitrogens with one attached hydrogen (secondary N) is 2. The molecule has 1 unspecified atom stereocenters. The van der Waals surface area contributed by atoms with E-state index in [1.54, 1.807) is 20.3 Å². The molecule has 0 radical (unpaired) electrons. The molecule has 2 amide bonds. The van der Waals surface area contributed by atoms with Crippen molar-refractivity contribution in [2.45, 2.75) is 44.8 Å². The number of aliphatic hydroxyl groups excluding tert-OH is 1. The molecular formula is C18H28N2O4. The Bertz CT molecular complexity index is 530. The Hall–Kier alpha value is -1.95. The first kappa shape index (κ1) is 18.4. The van der Waals surface area contributed by atoms with Crippen molar-refractivity contribution in [3.63, 3.8) is 0 Å². The summed E-state index contributed by atoms with van der Waals surface area (Å²) in [7, 11) is 3.16. The maximum atomic E-state index is 11.9. The zero-order valence-corrected chi connectivity index (χ0v) is 14.5. The normalized spacial score (nSPS) is 16.3. The summed E-state index contributed by atoms with van der Waals surface area (Å²) in [4.78, 5) is 11.9. The highest BCUT2D eigenvalue weighted by molar-refractivity contribution is 5.73. The predicted octanol–water partition coefficient (Wildman–Crippen LogP) is 2.44. The van der Waals surface area contributed by atoms with Gasteiger partial charge in [-0.1, -0.05) is 25.3 Å². The van der Waals surface area contributed by atoms with Crippen LogP contribution in [0.2, 0.25) is 0 Å².